The van der Waals surface area contributed by atoms with Gasteiger partial charge in [0.15, 0.2) is 0 Å². The van der Waals surface area contributed by atoms with E-state index >= 15 is 0 Å². The standard InChI is InChI=1S/C32H32F2N4.C2H2/c1-6-9-27(7-2)38-21(5)28-17-22(11-13-31(28)37-32(38)35)25-16-24(30(8-3)36-19-25)15-20(4)14-23-10-12-26(33)18-29(23)34;1-2/h6-7,9-13,16-19H,4-5,8,14-15H2,1-3H3,(H2,35,37);1-2H/b9-6-,27-7+;. The van der Waals surface area contributed by atoms with Gasteiger partial charge in [-0.2, -0.15) is 0 Å². The van der Waals surface area contributed by atoms with Gasteiger partial charge in [0.25, 0.3) is 0 Å². The Labute approximate surface area is 236 Å². The molecule has 204 valence electrons. The predicted molar refractivity (Wildman–Crippen MR) is 163 cm³/mol. The zero-order valence-electron chi connectivity index (χ0n) is 23.2. The Morgan fingerprint density at radius 1 is 1.02 bits per heavy atom. The number of halogens is 2. The molecule has 0 fully saturated rings. The van der Waals surface area contributed by atoms with Crippen molar-refractivity contribution in [3.63, 3.8) is 0 Å². The molecule has 1 aliphatic rings. The van der Waals surface area contributed by atoms with E-state index in [0.29, 0.717) is 24.4 Å². The van der Waals surface area contributed by atoms with E-state index in [9.17, 15) is 8.78 Å². The van der Waals surface area contributed by atoms with E-state index in [4.69, 9.17) is 10.7 Å². The summed E-state index contributed by atoms with van der Waals surface area (Å²) in [4.78, 5) is 11.2. The molecule has 1 aliphatic heterocycles. The maximum atomic E-state index is 14.2. The monoisotopic (exact) mass is 536 g/mol. The summed E-state index contributed by atoms with van der Waals surface area (Å²) < 4.78 is 27.5. The molecular formula is C34H34F2N4. The minimum atomic E-state index is -0.588. The van der Waals surface area contributed by atoms with Gasteiger partial charge in [-0.3, -0.25) is 9.88 Å². The van der Waals surface area contributed by atoms with E-state index in [1.165, 1.54) is 12.1 Å². The summed E-state index contributed by atoms with van der Waals surface area (Å²) in [6.07, 6.45) is 17.4. The van der Waals surface area contributed by atoms with E-state index in [1.54, 1.807) is 0 Å². The number of benzene rings is 2. The van der Waals surface area contributed by atoms with Crippen LogP contribution < -0.4 is 5.73 Å². The molecule has 2 heterocycles. The fraction of sp³-hybridized carbons (Fsp3) is 0.176. The number of hydrogen-bond acceptors (Lipinski definition) is 4. The van der Waals surface area contributed by atoms with E-state index in [1.807, 2.05) is 55.3 Å². The first-order valence-corrected chi connectivity index (χ1v) is 12.9. The highest BCUT2D eigenvalue weighted by atomic mass is 19.1. The van der Waals surface area contributed by atoms with Gasteiger partial charge < -0.3 is 5.73 Å². The number of terminal acetylenes is 1. The molecule has 2 N–H and O–H groups in total. The van der Waals surface area contributed by atoms with Crippen LogP contribution in [0.4, 0.5) is 14.5 Å². The Morgan fingerprint density at radius 3 is 2.40 bits per heavy atom. The summed E-state index contributed by atoms with van der Waals surface area (Å²) in [5.41, 5.74) is 14.7. The van der Waals surface area contributed by atoms with Gasteiger partial charge in [-0.15, -0.1) is 12.8 Å². The molecule has 0 unspecified atom stereocenters. The lowest BCUT2D eigenvalue weighted by atomic mass is 9.94. The fourth-order valence-electron chi connectivity index (χ4n) is 4.67. The van der Waals surface area contributed by atoms with Crippen LogP contribution in [0, 0.1) is 24.5 Å². The molecule has 0 bridgehead atoms. The Kier molecular flexibility index (Phi) is 9.94. The maximum Gasteiger partial charge on any atom is 0.205 e. The Balaban J connectivity index is 0.00000216. The zero-order valence-corrected chi connectivity index (χ0v) is 23.2. The quantitative estimate of drug-likeness (QED) is 0.181. The third-order valence-electron chi connectivity index (χ3n) is 6.56. The van der Waals surface area contributed by atoms with Crippen LogP contribution >= 0.6 is 0 Å². The molecule has 4 nitrogen and oxygen atoms in total. The van der Waals surface area contributed by atoms with Gasteiger partial charge in [-0.1, -0.05) is 49.9 Å². The van der Waals surface area contributed by atoms with Crippen molar-refractivity contribution in [2.75, 3.05) is 0 Å². The lowest BCUT2D eigenvalue weighted by molar-refractivity contribution is 0.574. The molecular weight excluding hydrogens is 502 g/mol. The van der Waals surface area contributed by atoms with Crippen molar-refractivity contribution in [1.82, 2.24) is 9.88 Å². The van der Waals surface area contributed by atoms with Crippen molar-refractivity contribution in [3.05, 3.63) is 125 Å². The van der Waals surface area contributed by atoms with Crippen LogP contribution in [0.3, 0.4) is 0 Å². The molecule has 40 heavy (non-hydrogen) atoms. The Hall–Kier alpha value is -4.76. The van der Waals surface area contributed by atoms with E-state index in [0.717, 1.165) is 63.1 Å². The SMILES string of the molecule is C#C.C=C(Cc1ccc(F)cc1F)Cc1cc(-c2ccc3c(c2)C(=C)N(C(/C=C\C)=C/C)C(N)=N3)cnc1CC. The van der Waals surface area contributed by atoms with Crippen molar-refractivity contribution in [1.29, 1.82) is 0 Å². The summed E-state index contributed by atoms with van der Waals surface area (Å²) in [7, 11) is 0. The summed E-state index contributed by atoms with van der Waals surface area (Å²) in [6.45, 7) is 14.4. The van der Waals surface area contributed by atoms with Crippen molar-refractivity contribution < 1.29 is 8.78 Å². The van der Waals surface area contributed by atoms with Gasteiger partial charge in [0.1, 0.15) is 11.6 Å². The molecule has 0 aliphatic carbocycles. The first kappa shape index (κ1) is 29.8. The molecule has 0 spiro atoms. The highest BCUT2D eigenvalue weighted by molar-refractivity contribution is 5.98. The minimum Gasteiger partial charge on any atom is -0.369 e. The second-order valence-electron chi connectivity index (χ2n) is 9.22. The zero-order chi connectivity index (χ0) is 29.4. The molecule has 0 amide bonds. The van der Waals surface area contributed by atoms with Gasteiger partial charge >= 0.3 is 0 Å². The second-order valence-corrected chi connectivity index (χ2v) is 9.22. The van der Waals surface area contributed by atoms with Gasteiger partial charge in [0.2, 0.25) is 5.96 Å². The topological polar surface area (TPSA) is 54.5 Å². The largest absolute Gasteiger partial charge is 0.369 e. The second kappa shape index (κ2) is 13.3. The number of nitrogens with two attached hydrogens (primary N) is 1. The molecule has 6 heteroatoms. The van der Waals surface area contributed by atoms with Crippen molar-refractivity contribution >= 4 is 17.3 Å². The number of pyridine rings is 1. The highest BCUT2D eigenvalue weighted by Gasteiger charge is 2.24. The number of aliphatic imine (C=N–C) groups is 1. The lowest BCUT2D eigenvalue weighted by Gasteiger charge is -2.31. The molecule has 0 atom stereocenters. The van der Waals surface area contributed by atoms with Crippen LogP contribution in [0.1, 0.15) is 43.2 Å². The third kappa shape index (κ3) is 6.44. The first-order chi connectivity index (χ1) is 19.2. The first-order valence-electron chi connectivity index (χ1n) is 12.9. The number of nitrogens with zero attached hydrogens (tertiary/aromatic N) is 3. The maximum absolute atomic E-state index is 14.2. The van der Waals surface area contributed by atoms with Gasteiger partial charge in [-0.25, -0.2) is 13.8 Å². The summed E-state index contributed by atoms with van der Waals surface area (Å²) in [6, 6.07) is 11.7. The van der Waals surface area contributed by atoms with Crippen molar-refractivity contribution in [2.24, 2.45) is 10.7 Å². The molecule has 3 aromatic rings. The normalized spacial score (nSPS) is 13.0. The Bertz CT molecular complexity index is 1540. The van der Waals surface area contributed by atoms with Crippen LogP contribution in [0.25, 0.3) is 16.8 Å². The fourth-order valence-corrected chi connectivity index (χ4v) is 4.67. The van der Waals surface area contributed by atoms with E-state index in [-0.39, 0.29) is 0 Å². The van der Waals surface area contributed by atoms with Gasteiger partial charge in [-0.05, 0) is 80.1 Å². The van der Waals surface area contributed by atoms with Crippen molar-refractivity contribution in [3.8, 4) is 24.0 Å². The third-order valence-corrected chi connectivity index (χ3v) is 6.56. The molecule has 2 aromatic carbocycles. The molecule has 4 rings (SSSR count). The molecule has 0 saturated carbocycles. The average molecular weight is 537 g/mol. The number of fused-ring (bicyclic) bond motifs is 1. The number of aryl methyl sites for hydroxylation is 1. The van der Waals surface area contributed by atoms with E-state index in [2.05, 4.69) is 50.1 Å². The van der Waals surface area contributed by atoms with Crippen LogP contribution in [0.2, 0.25) is 0 Å². The van der Waals surface area contributed by atoms with Crippen LogP contribution in [-0.4, -0.2) is 15.8 Å². The summed E-state index contributed by atoms with van der Waals surface area (Å²) >= 11 is 0. The van der Waals surface area contributed by atoms with E-state index < -0.39 is 11.6 Å². The van der Waals surface area contributed by atoms with Crippen molar-refractivity contribution in [2.45, 2.75) is 40.0 Å². The van der Waals surface area contributed by atoms with Gasteiger partial charge in [0, 0.05) is 34.8 Å². The predicted octanol–water partition coefficient (Wildman–Crippen LogP) is 7.89. The Morgan fingerprint density at radius 2 is 1.75 bits per heavy atom. The molecule has 0 saturated heterocycles. The number of allylic oxidation sites excluding steroid dienone is 4. The minimum absolute atomic E-state index is 0.326. The summed E-state index contributed by atoms with van der Waals surface area (Å²) in [5, 5.41) is 0. The number of aromatic nitrogens is 1. The highest BCUT2D eigenvalue weighted by Crippen LogP contribution is 2.37. The number of guanidine groups is 1. The van der Waals surface area contributed by atoms with Crippen LogP contribution in [0.15, 0.2) is 96.3 Å². The van der Waals surface area contributed by atoms with Crippen LogP contribution in [-0.2, 0) is 19.3 Å². The summed E-state index contributed by atoms with van der Waals surface area (Å²) in [5.74, 6) is -0.778. The lowest BCUT2D eigenvalue weighted by Crippen LogP contribution is -2.36. The number of rotatable bonds is 8. The van der Waals surface area contributed by atoms with Crippen LogP contribution in [0.5, 0.6) is 0 Å². The van der Waals surface area contributed by atoms with Gasteiger partial charge in [0.05, 0.1) is 11.4 Å². The molecule has 1 aromatic heterocycles. The average Bonchev–Trinajstić information content (AvgIpc) is 2.95. The molecule has 0 radical (unpaired) electrons. The smallest absolute Gasteiger partial charge is 0.205 e. The number of hydrogen-bond donors (Lipinski definition) is 1.